The van der Waals surface area contributed by atoms with Crippen molar-refractivity contribution in [3.8, 4) is 0 Å². The van der Waals surface area contributed by atoms with Crippen LogP contribution in [0.5, 0.6) is 0 Å². The first kappa shape index (κ1) is 32.2. The minimum Gasteiger partial charge on any atom is -0.324 e. The number of hydrogen-bond donors (Lipinski definition) is 1. The van der Waals surface area contributed by atoms with Gasteiger partial charge in [-0.1, -0.05) is 88.0 Å². The van der Waals surface area contributed by atoms with Gasteiger partial charge >= 0.3 is 7.60 Å². The van der Waals surface area contributed by atoms with Gasteiger partial charge in [0.1, 0.15) is 0 Å². The van der Waals surface area contributed by atoms with E-state index in [-0.39, 0.29) is 13.6 Å². The van der Waals surface area contributed by atoms with Crippen LogP contribution >= 0.6 is 7.60 Å². The van der Waals surface area contributed by atoms with Crippen LogP contribution in [0.1, 0.15) is 94.4 Å². The highest BCUT2D eigenvalue weighted by Crippen LogP contribution is 2.40. The van der Waals surface area contributed by atoms with E-state index < -0.39 is 7.60 Å². The summed E-state index contributed by atoms with van der Waals surface area (Å²) < 4.78 is 14.8. The van der Waals surface area contributed by atoms with E-state index in [9.17, 15) is 4.57 Å². The fourth-order valence-corrected chi connectivity index (χ4v) is 1.12. The third kappa shape index (κ3) is 63.8. The van der Waals surface area contributed by atoms with Crippen LogP contribution in [0.3, 0.4) is 0 Å². The molecule has 0 aromatic rings. The second-order valence-electron chi connectivity index (χ2n) is 4.25. The van der Waals surface area contributed by atoms with Gasteiger partial charge in [0.25, 0.3) is 0 Å². The molecule has 1 atom stereocenters. The SMILES string of the molecule is C.CCC.CCCC.CCCC.CCCP(=O)(O)OC. The van der Waals surface area contributed by atoms with Crippen LogP contribution < -0.4 is 0 Å². The summed E-state index contributed by atoms with van der Waals surface area (Å²) in [7, 11) is -1.93. The Morgan fingerprint density at radius 1 is 0.800 bits per heavy atom. The molecule has 0 radical (unpaired) electrons. The molecule has 3 nitrogen and oxygen atoms in total. The Hall–Kier alpha value is 0.150. The van der Waals surface area contributed by atoms with Gasteiger partial charge in [-0.3, -0.25) is 4.57 Å². The van der Waals surface area contributed by atoms with Crippen LogP contribution in [-0.4, -0.2) is 18.2 Å². The van der Waals surface area contributed by atoms with E-state index in [1.807, 2.05) is 6.92 Å². The van der Waals surface area contributed by atoms with Crippen molar-refractivity contribution in [2.24, 2.45) is 0 Å². The Balaban J connectivity index is -0.0000000538. The highest BCUT2D eigenvalue weighted by molar-refractivity contribution is 7.52. The summed E-state index contributed by atoms with van der Waals surface area (Å²) in [5.74, 6) is 0. The quantitative estimate of drug-likeness (QED) is 0.562. The Labute approximate surface area is 130 Å². The number of rotatable bonds is 5. The van der Waals surface area contributed by atoms with Gasteiger partial charge in [-0.15, -0.1) is 0 Å². The van der Waals surface area contributed by atoms with Crippen molar-refractivity contribution in [1.29, 1.82) is 0 Å². The van der Waals surface area contributed by atoms with Gasteiger partial charge in [0.2, 0.25) is 0 Å². The van der Waals surface area contributed by atoms with Crippen molar-refractivity contribution in [3.05, 3.63) is 0 Å². The summed E-state index contributed by atoms with van der Waals surface area (Å²) in [6.07, 6.45) is 7.46. The van der Waals surface area contributed by atoms with Crippen molar-refractivity contribution in [1.82, 2.24) is 0 Å². The van der Waals surface area contributed by atoms with Gasteiger partial charge in [0.05, 0.1) is 0 Å². The smallest absolute Gasteiger partial charge is 0.324 e. The number of unbranched alkanes of at least 4 members (excludes halogenated alkanes) is 2. The van der Waals surface area contributed by atoms with E-state index >= 15 is 0 Å². The lowest BCUT2D eigenvalue weighted by molar-refractivity contribution is 0.315. The normalized spacial score (nSPS) is 11.1. The first-order valence-corrected chi connectivity index (χ1v) is 9.50. The third-order valence-electron chi connectivity index (χ3n) is 1.79. The summed E-state index contributed by atoms with van der Waals surface area (Å²) in [6.45, 7) is 14.8. The molecular formula is C16H43O3P. The first-order valence-electron chi connectivity index (χ1n) is 7.74. The standard InChI is InChI=1S/C4H11O3P.2C4H10.C3H8.CH4/c1-3-4-8(5,6)7-2;2*1-3-4-2;1-3-2;/h3-4H2,1-2H3,(H,5,6);2*3-4H2,1-2H3;3H2,1-2H3;1H4. The number of hydrogen-bond acceptors (Lipinski definition) is 2. The van der Waals surface area contributed by atoms with E-state index in [1.54, 1.807) is 0 Å². The zero-order valence-corrected chi connectivity index (χ0v) is 15.6. The van der Waals surface area contributed by atoms with Crippen molar-refractivity contribution in [3.63, 3.8) is 0 Å². The third-order valence-corrected chi connectivity index (χ3v) is 3.37. The molecular weight excluding hydrogens is 271 g/mol. The topological polar surface area (TPSA) is 46.5 Å². The van der Waals surface area contributed by atoms with Gasteiger partial charge in [0, 0.05) is 13.3 Å². The molecule has 0 aromatic carbocycles. The van der Waals surface area contributed by atoms with E-state index in [0.29, 0.717) is 6.42 Å². The molecule has 130 valence electrons. The molecule has 0 saturated carbocycles. The zero-order valence-electron chi connectivity index (χ0n) is 14.7. The van der Waals surface area contributed by atoms with Gasteiger partial charge in [-0.05, 0) is 6.42 Å². The van der Waals surface area contributed by atoms with Crippen LogP contribution in [0.25, 0.3) is 0 Å². The lowest BCUT2D eigenvalue weighted by atomic mass is 10.4. The Kier molecular flexibility index (Phi) is 50.7. The molecule has 0 heterocycles. The second kappa shape index (κ2) is 31.5. The second-order valence-corrected chi connectivity index (χ2v) is 6.34. The molecule has 0 fully saturated rings. The summed E-state index contributed by atoms with van der Waals surface area (Å²) in [6, 6.07) is 0. The molecule has 0 aromatic heterocycles. The molecule has 1 N–H and O–H groups in total. The minimum absolute atomic E-state index is 0. The predicted octanol–water partition coefficient (Wildman–Crippen LogP) is 6.89. The summed E-state index contributed by atoms with van der Waals surface area (Å²) in [5, 5.41) is 0. The monoisotopic (exact) mass is 314 g/mol. The Bertz CT molecular complexity index is 154. The fraction of sp³-hybridized carbons (Fsp3) is 1.00. The van der Waals surface area contributed by atoms with Gasteiger partial charge in [-0.2, -0.15) is 0 Å². The summed E-state index contributed by atoms with van der Waals surface area (Å²) in [4.78, 5) is 8.66. The first-order chi connectivity index (χ1) is 8.86. The molecule has 4 heteroatoms. The van der Waals surface area contributed by atoms with Crippen molar-refractivity contribution < 1.29 is 14.0 Å². The molecule has 0 rings (SSSR count). The van der Waals surface area contributed by atoms with Crippen LogP contribution in [-0.2, 0) is 9.09 Å². The Morgan fingerprint density at radius 2 is 1.05 bits per heavy atom. The molecule has 0 aliphatic carbocycles. The molecule has 1 unspecified atom stereocenters. The predicted molar refractivity (Wildman–Crippen MR) is 95.9 cm³/mol. The van der Waals surface area contributed by atoms with Gasteiger partial charge in [0.15, 0.2) is 0 Å². The van der Waals surface area contributed by atoms with Gasteiger partial charge in [-0.25, -0.2) is 0 Å². The van der Waals surface area contributed by atoms with E-state index in [0.717, 1.165) is 0 Å². The highest BCUT2D eigenvalue weighted by Gasteiger charge is 2.13. The maximum atomic E-state index is 10.5. The van der Waals surface area contributed by atoms with Gasteiger partial charge < -0.3 is 9.42 Å². The molecule has 20 heavy (non-hydrogen) atoms. The highest BCUT2D eigenvalue weighted by atomic mass is 31.2. The molecule has 0 spiro atoms. The molecule has 0 aliphatic rings. The average Bonchev–Trinajstić information content (AvgIpc) is 2.40. The maximum Gasteiger partial charge on any atom is 0.327 e. The average molecular weight is 314 g/mol. The van der Waals surface area contributed by atoms with Crippen molar-refractivity contribution in [2.75, 3.05) is 13.3 Å². The lowest BCUT2D eigenvalue weighted by Gasteiger charge is -2.04. The molecule has 0 amide bonds. The maximum absolute atomic E-state index is 10.5. The van der Waals surface area contributed by atoms with E-state index in [2.05, 4.69) is 46.1 Å². The van der Waals surface area contributed by atoms with Crippen LogP contribution in [0, 0.1) is 0 Å². The Morgan fingerprint density at radius 3 is 1.10 bits per heavy atom. The summed E-state index contributed by atoms with van der Waals surface area (Å²) in [5.41, 5.74) is 0. The molecule has 0 bridgehead atoms. The van der Waals surface area contributed by atoms with Crippen molar-refractivity contribution >= 4 is 7.60 Å². The van der Waals surface area contributed by atoms with Crippen LogP contribution in [0.2, 0.25) is 0 Å². The van der Waals surface area contributed by atoms with Crippen LogP contribution in [0.4, 0.5) is 0 Å². The zero-order chi connectivity index (χ0) is 16.2. The van der Waals surface area contributed by atoms with Crippen molar-refractivity contribution in [2.45, 2.75) is 94.4 Å². The fourth-order valence-electron chi connectivity index (χ4n) is 0.374. The van der Waals surface area contributed by atoms with Crippen LogP contribution in [0.15, 0.2) is 0 Å². The van der Waals surface area contributed by atoms with E-state index in [1.165, 1.54) is 39.2 Å². The minimum atomic E-state index is -3.17. The van der Waals surface area contributed by atoms with E-state index in [4.69, 9.17) is 4.89 Å². The molecule has 0 saturated heterocycles. The lowest BCUT2D eigenvalue weighted by Crippen LogP contribution is -1.87. The largest absolute Gasteiger partial charge is 0.327 e. The molecule has 0 aliphatic heterocycles. The summed E-state index contributed by atoms with van der Waals surface area (Å²) >= 11 is 0.